The SMILES string of the molecule is CNc1nc(Cc2c(C)cc(C)cc2C)c(C)o1. The van der Waals surface area contributed by atoms with Gasteiger partial charge in [0.1, 0.15) is 5.76 Å². The summed E-state index contributed by atoms with van der Waals surface area (Å²) in [6, 6.07) is 5.03. The van der Waals surface area contributed by atoms with Crippen molar-refractivity contribution in [2.45, 2.75) is 34.1 Å². The van der Waals surface area contributed by atoms with Crippen molar-refractivity contribution in [1.29, 1.82) is 0 Å². The van der Waals surface area contributed by atoms with Crippen LogP contribution < -0.4 is 5.32 Å². The maximum atomic E-state index is 5.52. The van der Waals surface area contributed by atoms with Crippen molar-refractivity contribution in [3.63, 3.8) is 0 Å². The van der Waals surface area contributed by atoms with Crippen LogP contribution in [-0.4, -0.2) is 12.0 Å². The fourth-order valence-corrected chi connectivity index (χ4v) is 2.36. The van der Waals surface area contributed by atoms with Gasteiger partial charge in [-0.2, -0.15) is 4.98 Å². The van der Waals surface area contributed by atoms with Crippen molar-refractivity contribution in [1.82, 2.24) is 4.98 Å². The van der Waals surface area contributed by atoms with Gasteiger partial charge in [-0.3, -0.25) is 0 Å². The first-order valence-corrected chi connectivity index (χ1v) is 6.22. The van der Waals surface area contributed by atoms with Crippen LogP contribution in [0.15, 0.2) is 16.5 Å². The standard InChI is InChI=1S/C15H20N2O/c1-9-6-10(2)13(11(3)7-9)8-14-12(4)18-15(16-5)17-14/h6-7H,8H2,1-5H3,(H,16,17). The molecule has 0 saturated carbocycles. The van der Waals surface area contributed by atoms with E-state index >= 15 is 0 Å². The molecule has 1 aromatic carbocycles. The largest absolute Gasteiger partial charge is 0.429 e. The second kappa shape index (κ2) is 4.84. The lowest BCUT2D eigenvalue weighted by molar-refractivity contribution is 0.541. The lowest BCUT2D eigenvalue weighted by Crippen LogP contribution is -1.98. The average Bonchev–Trinajstić information content (AvgIpc) is 2.64. The molecule has 1 N–H and O–H groups in total. The summed E-state index contributed by atoms with van der Waals surface area (Å²) in [7, 11) is 1.82. The summed E-state index contributed by atoms with van der Waals surface area (Å²) in [4.78, 5) is 4.45. The molecule has 0 atom stereocenters. The highest BCUT2D eigenvalue weighted by Gasteiger charge is 2.12. The minimum atomic E-state index is 0.588. The van der Waals surface area contributed by atoms with Gasteiger partial charge < -0.3 is 9.73 Å². The maximum Gasteiger partial charge on any atom is 0.294 e. The number of aromatic nitrogens is 1. The molecule has 3 heteroatoms. The second-order valence-electron chi connectivity index (χ2n) is 4.83. The van der Waals surface area contributed by atoms with Crippen LogP contribution in [0.3, 0.4) is 0 Å². The minimum absolute atomic E-state index is 0.588. The lowest BCUT2D eigenvalue weighted by atomic mass is 9.96. The Morgan fingerprint density at radius 3 is 2.22 bits per heavy atom. The summed E-state index contributed by atoms with van der Waals surface area (Å²) in [6.07, 6.45) is 0.828. The van der Waals surface area contributed by atoms with Crippen LogP contribution in [0.2, 0.25) is 0 Å². The number of aryl methyl sites for hydroxylation is 4. The third-order valence-electron chi connectivity index (χ3n) is 3.29. The summed E-state index contributed by atoms with van der Waals surface area (Å²) in [5.41, 5.74) is 6.30. The van der Waals surface area contributed by atoms with E-state index in [1.807, 2.05) is 14.0 Å². The molecule has 0 fully saturated rings. The van der Waals surface area contributed by atoms with Gasteiger partial charge in [0, 0.05) is 13.5 Å². The number of nitrogens with one attached hydrogen (secondary N) is 1. The molecule has 0 aliphatic rings. The zero-order valence-corrected chi connectivity index (χ0v) is 11.7. The quantitative estimate of drug-likeness (QED) is 0.897. The Bertz CT molecular complexity index is 547. The molecule has 0 radical (unpaired) electrons. The highest BCUT2D eigenvalue weighted by Crippen LogP contribution is 2.22. The van der Waals surface area contributed by atoms with Gasteiger partial charge in [0.2, 0.25) is 0 Å². The lowest BCUT2D eigenvalue weighted by Gasteiger charge is -2.10. The maximum absolute atomic E-state index is 5.52. The molecule has 0 amide bonds. The van der Waals surface area contributed by atoms with Crippen molar-refractivity contribution >= 4 is 6.01 Å². The fourth-order valence-electron chi connectivity index (χ4n) is 2.36. The number of hydrogen-bond acceptors (Lipinski definition) is 3. The number of hydrogen-bond donors (Lipinski definition) is 1. The van der Waals surface area contributed by atoms with Gasteiger partial charge in [-0.1, -0.05) is 17.7 Å². The molecule has 18 heavy (non-hydrogen) atoms. The number of anilines is 1. The van der Waals surface area contributed by atoms with Crippen molar-refractivity contribution < 1.29 is 4.42 Å². The molecule has 0 spiro atoms. The number of oxazole rings is 1. The predicted octanol–water partition coefficient (Wildman–Crippen LogP) is 3.54. The van der Waals surface area contributed by atoms with Crippen molar-refractivity contribution in [3.8, 4) is 0 Å². The summed E-state index contributed by atoms with van der Waals surface area (Å²) < 4.78 is 5.52. The summed E-state index contributed by atoms with van der Waals surface area (Å²) >= 11 is 0. The molecule has 0 aliphatic heterocycles. The molecule has 0 bridgehead atoms. The van der Waals surface area contributed by atoms with Crippen LogP contribution in [0, 0.1) is 27.7 Å². The summed E-state index contributed by atoms with van der Waals surface area (Å²) in [5.74, 6) is 0.888. The first kappa shape index (κ1) is 12.7. The van der Waals surface area contributed by atoms with Crippen LogP contribution in [0.5, 0.6) is 0 Å². The molecule has 96 valence electrons. The fraction of sp³-hybridized carbons (Fsp3) is 0.400. The molecule has 3 nitrogen and oxygen atoms in total. The van der Waals surface area contributed by atoms with Crippen molar-refractivity contribution in [3.05, 3.63) is 45.8 Å². The molecule has 2 rings (SSSR count). The molecule has 1 aromatic heterocycles. The van der Waals surface area contributed by atoms with Gasteiger partial charge in [-0.15, -0.1) is 0 Å². The number of benzene rings is 1. The molecule has 1 heterocycles. The van der Waals surface area contributed by atoms with Crippen LogP contribution in [0.25, 0.3) is 0 Å². The van der Waals surface area contributed by atoms with Crippen LogP contribution in [-0.2, 0) is 6.42 Å². The Labute approximate surface area is 108 Å². The minimum Gasteiger partial charge on any atom is -0.429 e. The third-order valence-corrected chi connectivity index (χ3v) is 3.29. The van der Waals surface area contributed by atoms with Crippen LogP contribution >= 0.6 is 0 Å². The predicted molar refractivity (Wildman–Crippen MR) is 74.2 cm³/mol. The first-order valence-electron chi connectivity index (χ1n) is 6.22. The Morgan fingerprint density at radius 1 is 1.11 bits per heavy atom. The summed E-state index contributed by atoms with van der Waals surface area (Å²) in [5, 5.41) is 2.93. The molecule has 2 aromatic rings. The third kappa shape index (κ3) is 2.40. The normalized spacial score (nSPS) is 10.7. The second-order valence-corrected chi connectivity index (χ2v) is 4.83. The van der Waals surface area contributed by atoms with E-state index in [0.29, 0.717) is 6.01 Å². The molecule has 0 unspecified atom stereocenters. The van der Waals surface area contributed by atoms with Crippen molar-refractivity contribution in [2.24, 2.45) is 0 Å². The Morgan fingerprint density at radius 2 is 1.72 bits per heavy atom. The summed E-state index contributed by atoms with van der Waals surface area (Å²) in [6.45, 7) is 8.40. The highest BCUT2D eigenvalue weighted by atomic mass is 16.4. The van der Waals surface area contributed by atoms with E-state index in [1.165, 1.54) is 22.3 Å². The van der Waals surface area contributed by atoms with E-state index in [1.54, 1.807) is 0 Å². The molecular formula is C15H20N2O. The Balaban J connectivity index is 2.36. The molecule has 0 aliphatic carbocycles. The van der Waals surface area contributed by atoms with Gasteiger partial charge in [0.15, 0.2) is 0 Å². The zero-order valence-electron chi connectivity index (χ0n) is 11.7. The van der Waals surface area contributed by atoms with Crippen LogP contribution in [0.4, 0.5) is 6.01 Å². The number of rotatable bonds is 3. The van der Waals surface area contributed by atoms with E-state index < -0.39 is 0 Å². The molecule has 0 saturated heterocycles. The van der Waals surface area contributed by atoms with Gasteiger partial charge in [-0.05, 0) is 44.4 Å². The van der Waals surface area contributed by atoms with Gasteiger partial charge in [0.25, 0.3) is 6.01 Å². The van der Waals surface area contributed by atoms with Gasteiger partial charge in [0.05, 0.1) is 5.69 Å². The van der Waals surface area contributed by atoms with E-state index in [4.69, 9.17) is 4.42 Å². The van der Waals surface area contributed by atoms with Crippen molar-refractivity contribution in [2.75, 3.05) is 12.4 Å². The highest BCUT2D eigenvalue weighted by molar-refractivity contribution is 5.40. The van der Waals surface area contributed by atoms with E-state index in [9.17, 15) is 0 Å². The first-order chi connectivity index (χ1) is 8.51. The topological polar surface area (TPSA) is 38.1 Å². The van der Waals surface area contributed by atoms with E-state index in [2.05, 4.69) is 43.2 Å². The average molecular weight is 244 g/mol. The number of nitrogens with zero attached hydrogens (tertiary/aromatic N) is 1. The van der Waals surface area contributed by atoms with Gasteiger partial charge in [-0.25, -0.2) is 0 Å². The monoisotopic (exact) mass is 244 g/mol. The van der Waals surface area contributed by atoms with E-state index in [0.717, 1.165) is 17.9 Å². The zero-order chi connectivity index (χ0) is 13.3. The van der Waals surface area contributed by atoms with Crippen LogP contribution in [0.1, 0.15) is 33.7 Å². The molecular weight excluding hydrogens is 224 g/mol. The van der Waals surface area contributed by atoms with Gasteiger partial charge >= 0.3 is 0 Å². The Hall–Kier alpha value is -1.77. The Kier molecular flexibility index (Phi) is 3.41. The van der Waals surface area contributed by atoms with E-state index in [-0.39, 0.29) is 0 Å². The smallest absolute Gasteiger partial charge is 0.294 e.